The summed E-state index contributed by atoms with van der Waals surface area (Å²) in [6, 6.07) is 3.71. The molecule has 1 fully saturated rings. The molecule has 2 rings (SSSR count). The van der Waals surface area contributed by atoms with Crippen molar-refractivity contribution in [2.45, 2.75) is 6.54 Å². The molecule has 0 aliphatic carbocycles. The van der Waals surface area contributed by atoms with Crippen LogP contribution >= 0.6 is 0 Å². The van der Waals surface area contributed by atoms with Crippen LogP contribution < -0.4 is 10.1 Å². The molecule has 80 valence electrons. The topological polar surface area (TPSA) is 54.5 Å². The van der Waals surface area contributed by atoms with Crippen LogP contribution in [0.1, 0.15) is 5.56 Å². The summed E-state index contributed by atoms with van der Waals surface area (Å²) in [6.07, 6.45) is 1.68. The predicted octanol–water partition coefficient (Wildman–Crippen LogP) is 0.615. The highest BCUT2D eigenvalue weighted by Gasteiger charge is 2.19. The molecule has 5 nitrogen and oxygen atoms in total. The zero-order valence-electron chi connectivity index (χ0n) is 8.56. The van der Waals surface area contributed by atoms with Crippen LogP contribution in [-0.2, 0) is 6.54 Å². The van der Waals surface area contributed by atoms with Gasteiger partial charge in [-0.1, -0.05) is 0 Å². The van der Waals surface area contributed by atoms with E-state index in [1.165, 1.54) is 0 Å². The highest BCUT2D eigenvalue weighted by atomic mass is 16.5. The SMILES string of the molecule is COc1cc(CN2CCNC2=O)ccn1. The van der Waals surface area contributed by atoms with E-state index in [-0.39, 0.29) is 6.03 Å². The number of nitrogens with zero attached hydrogens (tertiary/aromatic N) is 2. The maximum Gasteiger partial charge on any atom is 0.317 e. The number of ether oxygens (including phenoxy) is 1. The summed E-state index contributed by atoms with van der Waals surface area (Å²) < 4.78 is 5.02. The van der Waals surface area contributed by atoms with Gasteiger partial charge in [0, 0.05) is 31.9 Å². The van der Waals surface area contributed by atoms with Crippen molar-refractivity contribution in [1.82, 2.24) is 15.2 Å². The van der Waals surface area contributed by atoms with Crippen LogP contribution in [0.15, 0.2) is 18.3 Å². The first-order valence-electron chi connectivity index (χ1n) is 4.81. The molecule has 1 aromatic heterocycles. The lowest BCUT2D eigenvalue weighted by atomic mass is 10.2. The minimum absolute atomic E-state index is 0.00854. The van der Waals surface area contributed by atoms with Crippen molar-refractivity contribution in [3.8, 4) is 5.88 Å². The fourth-order valence-electron chi connectivity index (χ4n) is 1.54. The number of urea groups is 1. The van der Waals surface area contributed by atoms with E-state index in [4.69, 9.17) is 4.74 Å². The van der Waals surface area contributed by atoms with Gasteiger partial charge in [0.2, 0.25) is 5.88 Å². The van der Waals surface area contributed by atoms with Crippen molar-refractivity contribution < 1.29 is 9.53 Å². The summed E-state index contributed by atoms with van der Waals surface area (Å²) >= 11 is 0. The highest BCUT2D eigenvalue weighted by Crippen LogP contribution is 2.12. The van der Waals surface area contributed by atoms with Crippen LogP contribution in [0.3, 0.4) is 0 Å². The van der Waals surface area contributed by atoms with Gasteiger partial charge in [0.25, 0.3) is 0 Å². The number of aromatic nitrogens is 1. The first-order valence-corrected chi connectivity index (χ1v) is 4.81. The van der Waals surface area contributed by atoms with E-state index in [1.807, 2.05) is 12.1 Å². The van der Waals surface area contributed by atoms with Crippen LogP contribution in [0.4, 0.5) is 4.79 Å². The maximum absolute atomic E-state index is 11.3. The number of carbonyl (C=O) groups excluding carboxylic acids is 1. The molecule has 15 heavy (non-hydrogen) atoms. The number of hydrogen-bond donors (Lipinski definition) is 1. The highest BCUT2D eigenvalue weighted by molar-refractivity contribution is 5.76. The van der Waals surface area contributed by atoms with Crippen LogP contribution in [0, 0.1) is 0 Å². The lowest BCUT2D eigenvalue weighted by Gasteiger charge is -2.13. The van der Waals surface area contributed by atoms with Crippen molar-refractivity contribution in [3.05, 3.63) is 23.9 Å². The van der Waals surface area contributed by atoms with Crippen LogP contribution in [0.2, 0.25) is 0 Å². The first-order chi connectivity index (χ1) is 7.29. The first kappa shape index (κ1) is 9.76. The number of amides is 2. The van der Waals surface area contributed by atoms with E-state index in [0.29, 0.717) is 12.4 Å². The summed E-state index contributed by atoms with van der Waals surface area (Å²) in [7, 11) is 1.58. The molecule has 0 atom stereocenters. The smallest absolute Gasteiger partial charge is 0.317 e. The van der Waals surface area contributed by atoms with Gasteiger partial charge >= 0.3 is 6.03 Å². The van der Waals surface area contributed by atoms with E-state index in [0.717, 1.165) is 18.7 Å². The van der Waals surface area contributed by atoms with Gasteiger partial charge in [0.15, 0.2) is 0 Å². The predicted molar refractivity (Wildman–Crippen MR) is 54.6 cm³/mol. The van der Waals surface area contributed by atoms with Crippen molar-refractivity contribution in [1.29, 1.82) is 0 Å². The van der Waals surface area contributed by atoms with E-state index >= 15 is 0 Å². The van der Waals surface area contributed by atoms with Gasteiger partial charge in [-0.15, -0.1) is 0 Å². The minimum Gasteiger partial charge on any atom is -0.481 e. The standard InChI is InChI=1S/C10H13N3O2/c1-15-9-6-8(2-3-11-9)7-13-5-4-12-10(13)14/h2-3,6H,4-5,7H2,1H3,(H,12,14). The van der Waals surface area contributed by atoms with Crippen molar-refractivity contribution in [3.63, 3.8) is 0 Å². The fraction of sp³-hybridized carbons (Fsp3) is 0.400. The second-order valence-corrected chi connectivity index (χ2v) is 3.36. The van der Waals surface area contributed by atoms with Gasteiger partial charge in [-0.3, -0.25) is 0 Å². The molecule has 1 aliphatic heterocycles. The molecular weight excluding hydrogens is 194 g/mol. The lowest BCUT2D eigenvalue weighted by molar-refractivity contribution is 0.215. The molecule has 0 radical (unpaired) electrons. The number of nitrogens with one attached hydrogen (secondary N) is 1. The Hall–Kier alpha value is -1.78. The summed E-state index contributed by atoms with van der Waals surface area (Å²) in [5.41, 5.74) is 1.03. The van der Waals surface area contributed by atoms with Gasteiger partial charge in [-0.05, 0) is 11.6 Å². The maximum atomic E-state index is 11.3. The van der Waals surface area contributed by atoms with Crippen LogP contribution in [0.25, 0.3) is 0 Å². The molecule has 1 aromatic rings. The van der Waals surface area contributed by atoms with Gasteiger partial charge in [0.1, 0.15) is 0 Å². The molecule has 5 heteroatoms. The zero-order valence-corrected chi connectivity index (χ0v) is 8.56. The molecule has 1 saturated heterocycles. The molecule has 0 aromatic carbocycles. The van der Waals surface area contributed by atoms with Gasteiger partial charge < -0.3 is 15.0 Å². The Balaban J connectivity index is 2.06. The fourth-order valence-corrected chi connectivity index (χ4v) is 1.54. The summed E-state index contributed by atoms with van der Waals surface area (Å²) in [6.45, 7) is 2.08. The molecule has 1 N–H and O–H groups in total. The largest absolute Gasteiger partial charge is 0.481 e. The lowest BCUT2D eigenvalue weighted by Crippen LogP contribution is -2.27. The van der Waals surface area contributed by atoms with Crippen LogP contribution in [-0.4, -0.2) is 36.1 Å². The molecule has 2 heterocycles. The molecule has 0 bridgehead atoms. The summed E-state index contributed by atoms with van der Waals surface area (Å²) in [5.74, 6) is 0.576. The Morgan fingerprint density at radius 1 is 1.67 bits per heavy atom. The minimum atomic E-state index is -0.00854. The second-order valence-electron chi connectivity index (χ2n) is 3.36. The third-order valence-corrected chi connectivity index (χ3v) is 2.33. The average molecular weight is 207 g/mol. The Morgan fingerprint density at radius 3 is 3.20 bits per heavy atom. The summed E-state index contributed by atoms with van der Waals surface area (Å²) in [5, 5.41) is 2.76. The Labute approximate surface area is 88.1 Å². The third-order valence-electron chi connectivity index (χ3n) is 2.33. The molecule has 0 unspecified atom stereocenters. The van der Waals surface area contributed by atoms with Gasteiger partial charge in [-0.2, -0.15) is 0 Å². The number of carbonyl (C=O) groups is 1. The third kappa shape index (κ3) is 2.18. The van der Waals surface area contributed by atoms with E-state index in [1.54, 1.807) is 18.2 Å². The average Bonchev–Trinajstić information content (AvgIpc) is 2.65. The Morgan fingerprint density at radius 2 is 2.53 bits per heavy atom. The summed E-state index contributed by atoms with van der Waals surface area (Å²) in [4.78, 5) is 17.1. The number of pyridine rings is 1. The van der Waals surface area contributed by atoms with Crippen LogP contribution in [0.5, 0.6) is 5.88 Å². The van der Waals surface area contributed by atoms with Crippen molar-refractivity contribution >= 4 is 6.03 Å². The molecule has 2 amide bonds. The molecule has 0 spiro atoms. The van der Waals surface area contributed by atoms with Crippen molar-refractivity contribution in [2.75, 3.05) is 20.2 Å². The zero-order chi connectivity index (χ0) is 10.7. The number of methoxy groups -OCH3 is 1. The normalized spacial score (nSPS) is 15.3. The Bertz CT molecular complexity index is 367. The van der Waals surface area contributed by atoms with E-state index in [2.05, 4.69) is 10.3 Å². The molecule has 0 saturated carbocycles. The number of hydrogen-bond acceptors (Lipinski definition) is 3. The molecule has 1 aliphatic rings. The molecular formula is C10H13N3O2. The second kappa shape index (κ2) is 4.16. The monoisotopic (exact) mass is 207 g/mol. The quantitative estimate of drug-likeness (QED) is 0.790. The van der Waals surface area contributed by atoms with Gasteiger partial charge in [-0.25, -0.2) is 9.78 Å². The Kier molecular flexibility index (Phi) is 2.71. The van der Waals surface area contributed by atoms with Crippen molar-refractivity contribution in [2.24, 2.45) is 0 Å². The number of rotatable bonds is 3. The van der Waals surface area contributed by atoms with Gasteiger partial charge in [0.05, 0.1) is 7.11 Å². The van der Waals surface area contributed by atoms with E-state index in [9.17, 15) is 4.79 Å². The van der Waals surface area contributed by atoms with E-state index < -0.39 is 0 Å².